The van der Waals surface area contributed by atoms with Crippen molar-refractivity contribution >= 4 is 17.5 Å². The number of likely N-dealkylation sites (tertiary alicyclic amines) is 1. The first-order valence-electron chi connectivity index (χ1n) is 10.3. The van der Waals surface area contributed by atoms with Crippen molar-refractivity contribution in [1.82, 2.24) is 10.2 Å². The second-order valence-corrected chi connectivity index (χ2v) is 8.45. The molecular weight excluding hydrogens is 368 g/mol. The monoisotopic (exact) mass is 398 g/mol. The first-order valence-corrected chi connectivity index (χ1v) is 10.7. The van der Waals surface area contributed by atoms with Gasteiger partial charge in [-0.1, -0.05) is 54.4 Å². The molecular formula is C24H31ClN2O. The van der Waals surface area contributed by atoms with E-state index in [0.29, 0.717) is 0 Å². The molecule has 2 aromatic carbocycles. The van der Waals surface area contributed by atoms with Crippen LogP contribution in [0.3, 0.4) is 0 Å². The fraction of sp³-hybridized carbons (Fsp3) is 0.458. The van der Waals surface area contributed by atoms with Crippen LogP contribution in [0.1, 0.15) is 54.5 Å². The first-order chi connectivity index (χ1) is 13.5. The number of nitrogens with one attached hydrogen (secondary N) is 1. The van der Waals surface area contributed by atoms with Gasteiger partial charge in [-0.15, -0.1) is 0 Å². The lowest BCUT2D eigenvalue weighted by atomic mass is 9.93. The van der Waals surface area contributed by atoms with E-state index >= 15 is 0 Å². The third-order valence-electron chi connectivity index (χ3n) is 5.78. The standard InChI is InChI=1S/C24H31ClN2O/c1-4-23(22-9-8-17(2)14-18(22)3)26-24(28)20-10-12-27(13-11-20)16-19-6-5-7-21(25)15-19/h5-9,14-15,20,23H,4,10-13,16H2,1-3H3,(H,26,28). The molecule has 1 saturated heterocycles. The van der Waals surface area contributed by atoms with Gasteiger partial charge in [0.2, 0.25) is 5.91 Å². The number of aryl methyl sites for hydroxylation is 2. The lowest BCUT2D eigenvalue weighted by Crippen LogP contribution is -2.41. The highest BCUT2D eigenvalue weighted by atomic mass is 35.5. The van der Waals surface area contributed by atoms with Gasteiger partial charge in [-0.2, -0.15) is 0 Å². The molecule has 4 heteroatoms. The number of carbonyl (C=O) groups excluding carboxylic acids is 1. The molecule has 1 aliphatic heterocycles. The summed E-state index contributed by atoms with van der Waals surface area (Å²) in [5, 5.41) is 4.09. The van der Waals surface area contributed by atoms with E-state index in [2.05, 4.69) is 55.3 Å². The number of benzene rings is 2. The van der Waals surface area contributed by atoms with Crippen LogP contribution in [0.25, 0.3) is 0 Å². The van der Waals surface area contributed by atoms with E-state index < -0.39 is 0 Å². The summed E-state index contributed by atoms with van der Waals surface area (Å²) in [5.74, 6) is 0.310. The van der Waals surface area contributed by atoms with E-state index in [-0.39, 0.29) is 17.9 Å². The maximum absolute atomic E-state index is 12.9. The van der Waals surface area contributed by atoms with Gasteiger partial charge in [-0.3, -0.25) is 9.69 Å². The average molecular weight is 399 g/mol. The molecule has 0 saturated carbocycles. The lowest BCUT2D eigenvalue weighted by Gasteiger charge is -2.32. The molecule has 28 heavy (non-hydrogen) atoms. The van der Waals surface area contributed by atoms with Crippen LogP contribution in [0.15, 0.2) is 42.5 Å². The average Bonchev–Trinajstić information content (AvgIpc) is 2.67. The summed E-state index contributed by atoms with van der Waals surface area (Å²) >= 11 is 6.09. The molecule has 3 nitrogen and oxygen atoms in total. The van der Waals surface area contributed by atoms with Gasteiger partial charge >= 0.3 is 0 Å². The molecule has 150 valence electrons. The molecule has 0 bridgehead atoms. The smallest absolute Gasteiger partial charge is 0.223 e. The zero-order chi connectivity index (χ0) is 20.1. The SMILES string of the molecule is CCC(NC(=O)C1CCN(Cc2cccc(Cl)c2)CC1)c1ccc(C)cc1C. The number of piperidine rings is 1. The van der Waals surface area contributed by atoms with Crippen molar-refractivity contribution in [1.29, 1.82) is 0 Å². The highest BCUT2D eigenvalue weighted by Crippen LogP contribution is 2.25. The van der Waals surface area contributed by atoms with Gasteiger partial charge in [0, 0.05) is 17.5 Å². The molecule has 1 atom stereocenters. The van der Waals surface area contributed by atoms with Crippen molar-refractivity contribution < 1.29 is 4.79 Å². The normalized spacial score (nSPS) is 16.7. The van der Waals surface area contributed by atoms with Crippen molar-refractivity contribution in [3.05, 3.63) is 69.7 Å². The molecule has 1 aliphatic rings. The summed E-state index contributed by atoms with van der Waals surface area (Å²) in [6.45, 7) is 9.17. The zero-order valence-corrected chi connectivity index (χ0v) is 17.9. The van der Waals surface area contributed by atoms with Crippen LogP contribution in [0.4, 0.5) is 0 Å². The van der Waals surface area contributed by atoms with Crippen LogP contribution in [0, 0.1) is 19.8 Å². The van der Waals surface area contributed by atoms with Crippen LogP contribution in [-0.4, -0.2) is 23.9 Å². The highest BCUT2D eigenvalue weighted by Gasteiger charge is 2.27. The maximum Gasteiger partial charge on any atom is 0.223 e. The summed E-state index contributed by atoms with van der Waals surface area (Å²) in [6.07, 6.45) is 2.73. The minimum atomic E-state index is 0.0950. The first kappa shape index (κ1) is 20.9. The van der Waals surface area contributed by atoms with Gasteiger partial charge in [0.25, 0.3) is 0 Å². The van der Waals surface area contributed by atoms with Crippen molar-refractivity contribution in [3.8, 4) is 0 Å². The van der Waals surface area contributed by atoms with Crippen molar-refractivity contribution in [2.24, 2.45) is 5.92 Å². The van der Waals surface area contributed by atoms with E-state index in [9.17, 15) is 4.79 Å². The minimum absolute atomic E-state index is 0.0950. The molecule has 1 fully saturated rings. The fourth-order valence-corrected chi connectivity index (χ4v) is 4.37. The Morgan fingerprint density at radius 3 is 2.57 bits per heavy atom. The molecule has 0 aliphatic carbocycles. The molecule has 1 N–H and O–H groups in total. The number of carbonyl (C=O) groups is 1. The molecule has 1 unspecified atom stereocenters. The van der Waals surface area contributed by atoms with Gasteiger partial charge in [-0.25, -0.2) is 0 Å². The Morgan fingerprint density at radius 2 is 1.93 bits per heavy atom. The molecule has 0 aromatic heterocycles. The molecule has 0 radical (unpaired) electrons. The molecule has 2 aromatic rings. The maximum atomic E-state index is 12.9. The summed E-state index contributed by atoms with van der Waals surface area (Å²) < 4.78 is 0. The number of hydrogen-bond donors (Lipinski definition) is 1. The summed E-state index contributed by atoms with van der Waals surface area (Å²) in [5.41, 5.74) is 4.98. The van der Waals surface area contributed by atoms with Gasteiger partial charge < -0.3 is 5.32 Å². The van der Waals surface area contributed by atoms with Crippen LogP contribution < -0.4 is 5.32 Å². The van der Waals surface area contributed by atoms with Crippen LogP contribution in [0.2, 0.25) is 5.02 Å². The predicted octanol–water partition coefficient (Wildman–Crippen LogP) is 5.44. The van der Waals surface area contributed by atoms with Crippen molar-refractivity contribution in [2.75, 3.05) is 13.1 Å². The van der Waals surface area contributed by atoms with E-state index in [1.54, 1.807) is 0 Å². The zero-order valence-electron chi connectivity index (χ0n) is 17.2. The lowest BCUT2D eigenvalue weighted by molar-refractivity contribution is -0.127. The highest BCUT2D eigenvalue weighted by molar-refractivity contribution is 6.30. The third-order valence-corrected chi connectivity index (χ3v) is 6.01. The van der Waals surface area contributed by atoms with Gasteiger partial charge in [-0.05, 0) is 75.0 Å². The van der Waals surface area contributed by atoms with E-state index in [1.807, 2.05) is 18.2 Å². The van der Waals surface area contributed by atoms with Gasteiger partial charge in [0.05, 0.1) is 6.04 Å². The molecule has 0 spiro atoms. The minimum Gasteiger partial charge on any atom is -0.349 e. The van der Waals surface area contributed by atoms with E-state index in [0.717, 1.165) is 43.9 Å². The Labute approximate surface area is 174 Å². The fourth-order valence-electron chi connectivity index (χ4n) is 4.15. The van der Waals surface area contributed by atoms with Crippen LogP contribution in [-0.2, 0) is 11.3 Å². The van der Waals surface area contributed by atoms with Crippen molar-refractivity contribution in [2.45, 2.75) is 52.6 Å². The van der Waals surface area contributed by atoms with Crippen LogP contribution >= 0.6 is 11.6 Å². The molecule has 1 heterocycles. The Morgan fingerprint density at radius 1 is 1.18 bits per heavy atom. The number of amides is 1. The van der Waals surface area contributed by atoms with E-state index in [4.69, 9.17) is 11.6 Å². The largest absolute Gasteiger partial charge is 0.349 e. The Kier molecular flexibility index (Phi) is 7.14. The number of halogens is 1. The number of nitrogens with zero attached hydrogens (tertiary/aromatic N) is 1. The predicted molar refractivity (Wildman–Crippen MR) is 117 cm³/mol. The van der Waals surface area contributed by atoms with Gasteiger partial charge in [0.15, 0.2) is 0 Å². The van der Waals surface area contributed by atoms with Gasteiger partial charge in [0.1, 0.15) is 0 Å². The summed E-state index contributed by atoms with van der Waals surface area (Å²) in [6, 6.07) is 14.6. The quantitative estimate of drug-likeness (QED) is 0.702. The second-order valence-electron chi connectivity index (χ2n) is 8.01. The number of rotatable bonds is 6. The Bertz CT molecular complexity index is 812. The van der Waals surface area contributed by atoms with Crippen LogP contribution in [0.5, 0.6) is 0 Å². The van der Waals surface area contributed by atoms with E-state index in [1.165, 1.54) is 22.3 Å². The number of hydrogen-bond acceptors (Lipinski definition) is 2. The third kappa shape index (κ3) is 5.36. The summed E-state index contributed by atoms with van der Waals surface area (Å²) in [7, 11) is 0. The topological polar surface area (TPSA) is 32.3 Å². The summed E-state index contributed by atoms with van der Waals surface area (Å²) in [4.78, 5) is 15.3. The van der Waals surface area contributed by atoms with Crippen molar-refractivity contribution in [3.63, 3.8) is 0 Å². The Hall–Kier alpha value is -1.84. The molecule has 3 rings (SSSR count). The Balaban J connectivity index is 1.54. The molecule has 1 amide bonds. The second kappa shape index (κ2) is 9.58.